The van der Waals surface area contributed by atoms with Crippen molar-refractivity contribution in [2.45, 2.75) is 26.8 Å². The van der Waals surface area contributed by atoms with Crippen molar-refractivity contribution >= 4 is 23.4 Å². The number of hydrogen-bond acceptors (Lipinski definition) is 8. The molecular formula is C24H24N2O6S. The third kappa shape index (κ3) is 4.11. The minimum atomic E-state index is -0.776. The molecule has 1 aromatic carbocycles. The highest BCUT2D eigenvalue weighted by atomic mass is 32.1. The summed E-state index contributed by atoms with van der Waals surface area (Å²) in [4.78, 5) is 31.6. The molecule has 1 atom stereocenters. The van der Waals surface area contributed by atoms with E-state index in [0.717, 1.165) is 5.76 Å². The van der Waals surface area contributed by atoms with Gasteiger partial charge in [-0.1, -0.05) is 11.3 Å². The fraction of sp³-hybridized carbons (Fsp3) is 0.292. The van der Waals surface area contributed by atoms with Crippen LogP contribution in [0.1, 0.15) is 37.0 Å². The molecule has 0 spiro atoms. The topological polar surface area (TPSA) is 92.3 Å². The van der Waals surface area contributed by atoms with Crippen LogP contribution in [0.15, 0.2) is 55.8 Å². The van der Waals surface area contributed by atoms with E-state index < -0.39 is 12.0 Å². The van der Waals surface area contributed by atoms with Gasteiger partial charge in [-0.25, -0.2) is 9.79 Å². The van der Waals surface area contributed by atoms with Gasteiger partial charge in [0, 0.05) is 17.7 Å². The number of hydrogen-bond donors (Lipinski definition) is 0. The van der Waals surface area contributed by atoms with Gasteiger partial charge in [0.15, 0.2) is 4.80 Å². The van der Waals surface area contributed by atoms with E-state index in [1.54, 1.807) is 51.3 Å². The Balaban J connectivity index is 2.00. The number of furan rings is 1. The van der Waals surface area contributed by atoms with Crippen LogP contribution in [0.2, 0.25) is 0 Å². The van der Waals surface area contributed by atoms with Crippen molar-refractivity contribution < 1.29 is 23.4 Å². The average Bonchev–Trinajstić information content (AvgIpc) is 3.34. The van der Waals surface area contributed by atoms with Gasteiger partial charge in [0.05, 0.1) is 36.6 Å². The van der Waals surface area contributed by atoms with Gasteiger partial charge in [-0.2, -0.15) is 0 Å². The van der Waals surface area contributed by atoms with Crippen molar-refractivity contribution in [1.82, 2.24) is 4.57 Å². The molecule has 4 rings (SSSR count). The van der Waals surface area contributed by atoms with E-state index in [1.165, 1.54) is 23.0 Å². The molecule has 0 fully saturated rings. The largest absolute Gasteiger partial charge is 0.497 e. The summed E-state index contributed by atoms with van der Waals surface area (Å²) in [5.41, 5.74) is 1.10. The number of thiazole rings is 1. The third-order valence-electron chi connectivity index (χ3n) is 5.29. The van der Waals surface area contributed by atoms with Crippen LogP contribution in [0.25, 0.3) is 6.08 Å². The number of allylic oxidation sites excluding steroid dienone is 1. The molecule has 0 N–H and O–H groups in total. The van der Waals surface area contributed by atoms with E-state index in [2.05, 4.69) is 4.99 Å². The van der Waals surface area contributed by atoms with E-state index >= 15 is 0 Å². The summed E-state index contributed by atoms with van der Waals surface area (Å²) in [6.07, 6.45) is 1.68. The second-order valence-electron chi connectivity index (χ2n) is 7.36. The molecule has 9 heteroatoms. The summed E-state index contributed by atoms with van der Waals surface area (Å²) in [6.45, 7) is 5.51. The lowest BCUT2D eigenvalue weighted by atomic mass is 9.95. The van der Waals surface area contributed by atoms with E-state index in [0.29, 0.717) is 37.9 Å². The first kappa shape index (κ1) is 22.6. The maximum atomic E-state index is 13.6. The number of fused-ring (bicyclic) bond motifs is 1. The molecule has 33 heavy (non-hydrogen) atoms. The normalized spacial score (nSPS) is 15.8. The van der Waals surface area contributed by atoms with Crippen LogP contribution < -0.4 is 24.4 Å². The molecule has 8 nitrogen and oxygen atoms in total. The Morgan fingerprint density at radius 2 is 2.00 bits per heavy atom. The molecular weight excluding hydrogens is 444 g/mol. The molecule has 0 saturated heterocycles. The van der Waals surface area contributed by atoms with Crippen molar-refractivity contribution in [1.29, 1.82) is 0 Å². The van der Waals surface area contributed by atoms with E-state index in [4.69, 9.17) is 18.6 Å². The second kappa shape index (κ2) is 9.11. The highest BCUT2D eigenvalue weighted by Gasteiger charge is 2.35. The van der Waals surface area contributed by atoms with Gasteiger partial charge in [-0.3, -0.25) is 9.36 Å². The summed E-state index contributed by atoms with van der Waals surface area (Å²) in [5, 5.41) is 0. The number of methoxy groups -OCH3 is 2. The van der Waals surface area contributed by atoms with E-state index in [9.17, 15) is 9.59 Å². The van der Waals surface area contributed by atoms with Crippen LogP contribution >= 0.6 is 11.3 Å². The van der Waals surface area contributed by atoms with Crippen molar-refractivity contribution in [3.05, 3.63) is 78.4 Å². The molecule has 2 aromatic heterocycles. The second-order valence-corrected chi connectivity index (χ2v) is 8.37. The monoisotopic (exact) mass is 468 g/mol. The lowest BCUT2D eigenvalue weighted by Gasteiger charge is -2.26. The van der Waals surface area contributed by atoms with Gasteiger partial charge in [-0.15, -0.1) is 0 Å². The number of carbonyl (C=O) groups is 1. The van der Waals surface area contributed by atoms with E-state index in [1.807, 2.05) is 13.0 Å². The molecule has 1 aliphatic heterocycles. The summed E-state index contributed by atoms with van der Waals surface area (Å²) >= 11 is 1.23. The smallest absolute Gasteiger partial charge is 0.338 e. The summed E-state index contributed by atoms with van der Waals surface area (Å²) < 4.78 is 23.8. The van der Waals surface area contributed by atoms with Crippen LogP contribution in [0, 0.1) is 6.92 Å². The van der Waals surface area contributed by atoms with Crippen molar-refractivity contribution in [2.75, 3.05) is 20.8 Å². The molecule has 0 aliphatic carbocycles. The quantitative estimate of drug-likeness (QED) is 0.517. The average molecular weight is 469 g/mol. The van der Waals surface area contributed by atoms with Gasteiger partial charge in [0.2, 0.25) is 0 Å². The van der Waals surface area contributed by atoms with Crippen LogP contribution in [0.4, 0.5) is 0 Å². The Morgan fingerprint density at radius 3 is 2.64 bits per heavy atom. The number of ether oxygens (including phenoxy) is 3. The molecule has 1 aliphatic rings. The van der Waals surface area contributed by atoms with Gasteiger partial charge in [0.1, 0.15) is 29.1 Å². The number of nitrogens with zero attached hydrogens (tertiary/aromatic N) is 2. The first-order valence-electron chi connectivity index (χ1n) is 10.4. The maximum absolute atomic E-state index is 13.6. The maximum Gasteiger partial charge on any atom is 0.338 e. The highest BCUT2D eigenvalue weighted by molar-refractivity contribution is 7.07. The van der Waals surface area contributed by atoms with Gasteiger partial charge < -0.3 is 18.6 Å². The summed E-state index contributed by atoms with van der Waals surface area (Å²) in [6, 6.07) is 8.12. The molecule has 0 radical (unpaired) electrons. The van der Waals surface area contributed by atoms with Crippen LogP contribution in [0.3, 0.4) is 0 Å². The SMILES string of the molecule is CCOC(=O)C1=C(C)N=c2s/c(=C\c3ccc(C)o3)c(=O)n2C1c1ccc(OC)cc1OC. The zero-order chi connectivity index (χ0) is 23.7. The number of benzene rings is 1. The zero-order valence-corrected chi connectivity index (χ0v) is 19.8. The molecule has 3 heterocycles. The minimum Gasteiger partial charge on any atom is -0.497 e. The van der Waals surface area contributed by atoms with E-state index in [-0.39, 0.29) is 17.7 Å². The molecule has 1 unspecified atom stereocenters. The Bertz CT molecular complexity index is 1430. The van der Waals surface area contributed by atoms with Crippen LogP contribution in [-0.2, 0) is 9.53 Å². The van der Waals surface area contributed by atoms with Gasteiger partial charge >= 0.3 is 5.97 Å². The molecule has 0 amide bonds. The number of aryl methyl sites for hydroxylation is 1. The van der Waals surface area contributed by atoms with Crippen molar-refractivity contribution in [2.24, 2.45) is 4.99 Å². The predicted octanol–water partition coefficient (Wildman–Crippen LogP) is 2.72. The first-order chi connectivity index (χ1) is 15.9. The number of carbonyl (C=O) groups excluding carboxylic acids is 1. The fourth-order valence-corrected chi connectivity index (χ4v) is 4.82. The third-order valence-corrected chi connectivity index (χ3v) is 6.27. The Kier molecular flexibility index (Phi) is 6.24. The highest BCUT2D eigenvalue weighted by Crippen LogP contribution is 2.37. The van der Waals surface area contributed by atoms with Crippen LogP contribution in [-0.4, -0.2) is 31.4 Å². The molecule has 0 saturated carbocycles. The Morgan fingerprint density at radius 1 is 1.21 bits per heavy atom. The standard InChI is InChI=1S/C24H24N2O6S/c1-6-31-23(28)20-14(3)25-24-26(21(20)17-10-9-15(29-4)11-18(17)30-5)22(27)19(33-24)12-16-8-7-13(2)32-16/h7-12,21H,6H2,1-5H3/b19-12-. The van der Waals surface area contributed by atoms with Gasteiger partial charge in [-0.05, 0) is 45.0 Å². The molecule has 172 valence electrons. The van der Waals surface area contributed by atoms with Crippen molar-refractivity contribution in [3.8, 4) is 11.5 Å². The Labute approximate surface area is 194 Å². The predicted molar refractivity (Wildman–Crippen MR) is 123 cm³/mol. The van der Waals surface area contributed by atoms with Crippen LogP contribution in [0.5, 0.6) is 11.5 Å². The first-order valence-corrected chi connectivity index (χ1v) is 11.2. The Hall–Kier alpha value is -3.59. The number of aromatic nitrogens is 1. The summed E-state index contributed by atoms with van der Waals surface area (Å²) in [5.74, 6) is 1.85. The lowest BCUT2D eigenvalue weighted by molar-refractivity contribution is -0.139. The molecule has 3 aromatic rings. The fourth-order valence-electron chi connectivity index (χ4n) is 3.79. The summed E-state index contributed by atoms with van der Waals surface area (Å²) in [7, 11) is 3.09. The van der Waals surface area contributed by atoms with Gasteiger partial charge in [0.25, 0.3) is 5.56 Å². The molecule has 0 bridgehead atoms. The number of esters is 1. The van der Waals surface area contributed by atoms with Crippen molar-refractivity contribution in [3.63, 3.8) is 0 Å². The zero-order valence-electron chi connectivity index (χ0n) is 19.0. The minimum absolute atomic E-state index is 0.199. The number of rotatable bonds is 6. The lowest BCUT2D eigenvalue weighted by Crippen LogP contribution is -2.40.